The third kappa shape index (κ3) is 3.52. The second kappa shape index (κ2) is 7.52. The Labute approximate surface area is 155 Å². The second-order valence-corrected chi connectivity index (χ2v) is 6.50. The van der Waals surface area contributed by atoms with Crippen LogP contribution in [0.25, 0.3) is 5.57 Å². The molecule has 0 atom stereocenters. The summed E-state index contributed by atoms with van der Waals surface area (Å²) in [6.45, 7) is 6.17. The number of hydrogen-bond donors (Lipinski definition) is 1. The number of nitrogens with zero attached hydrogens (tertiary/aromatic N) is 1. The first-order valence-electron chi connectivity index (χ1n) is 8.95. The van der Waals surface area contributed by atoms with Crippen LogP contribution in [0.2, 0.25) is 0 Å². The zero-order valence-corrected chi connectivity index (χ0v) is 15.5. The van der Waals surface area contributed by atoms with Crippen molar-refractivity contribution in [1.82, 2.24) is 0 Å². The minimum atomic E-state index is 0.0238. The van der Waals surface area contributed by atoms with Crippen molar-refractivity contribution in [2.75, 3.05) is 12.3 Å². The number of allylic oxidation sites excluding steroid dienone is 2. The molecule has 1 aliphatic rings. The fourth-order valence-corrected chi connectivity index (χ4v) is 3.35. The lowest BCUT2D eigenvalue weighted by atomic mass is 9.90. The first kappa shape index (κ1) is 17.9. The van der Waals surface area contributed by atoms with Gasteiger partial charge < -0.3 is 5.73 Å². The molecule has 132 valence electrons. The molecule has 1 heterocycles. The van der Waals surface area contributed by atoms with Crippen molar-refractivity contribution in [3.05, 3.63) is 82.4 Å². The van der Waals surface area contributed by atoms with Crippen molar-refractivity contribution in [1.29, 1.82) is 0 Å². The Morgan fingerprint density at radius 3 is 2.50 bits per heavy atom. The van der Waals surface area contributed by atoms with Crippen LogP contribution in [0.4, 0.5) is 5.69 Å². The largest absolute Gasteiger partial charge is 0.399 e. The van der Waals surface area contributed by atoms with Gasteiger partial charge in [-0.25, -0.2) is 0 Å². The number of nitrogen functional groups attached to an aromatic ring is 1. The lowest BCUT2D eigenvalue weighted by Gasteiger charge is -2.13. The van der Waals surface area contributed by atoms with Gasteiger partial charge in [0, 0.05) is 16.8 Å². The maximum Gasteiger partial charge on any atom is 0.152 e. The van der Waals surface area contributed by atoms with Crippen molar-refractivity contribution in [3.8, 4) is 0 Å². The predicted octanol–water partition coefficient (Wildman–Crippen LogP) is 4.60. The van der Waals surface area contributed by atoms with Gasteiger partial charge in [-0.2, -0.15) is 0 Å². The molecule has 0 radical (unpaired) electrons. The Bertz CT molecular complexity index is 931. The molecule has 0 aliphatic carbocycles. The highest BCUT2D eigenvalue weighted by atomic mass is 16.1. The molecule has 3 rings (SSSR count). The maximum atomic E-state index is 11.7. The van der Waals surface area contributed by atoms with Crippen molar-refractivity contribution in [2.45, 2.75) is 27.2 Å². The summed E-state index contributed by atoms with van der Waals surface area (Å²) in [5.41, 5.74) is 14.1. The Hall–Kier alpha value is -2.94. The van der Waals surface area contributed by atoms with Crippen LogP contribution in [0.3, 0.4) is 0 Å². The summed E-state index contributed by atoms with van der Waals surface area (Å²) in [5, 5.41) is 0. The van der Waals surface area contributed by atoms with Gasteiger partial charge in [-0.3, -0.25) is 9.79 Å². The molecule has 26 heavy (non-hydrogen) atoms. The van der Waals surface area contributed by atoms with Crippen molar-refractivity contribution in [2.24, 2.45) is 4.99 Å². The number of hydrogen-bond acceptors (Lipinski definition) is 3. The van der Waals surface area contributed by atoms with Crippen LogP contribution < -0.4 is 5.73 Å². The molecular weight excluding hydrogens is 320 g/mol. The summed E-state index contributed by atoms with van der Waals surface area (Å²) in [7, 11) is 0. The van der Waals surface area contributed by atoms with Crippen LogP contribution >= 0.6 is 0 Å². The van der Waals surface area contributed by atoms with E-state index in [0.717, 1.165) is 40.0 Å². The number of fused-ring (bicyclic) bond motifs is 1. The number of aryl methyl sites for hydroxylation is 1. The van der Waals surface area contributed by atoms with Crippen LogP contribution in [0.5, 0.6) is 0 Å². The van der Waals surface area contributed by atoms with Gasteiger partial charge in [-0.1, -0.05) is 43.3 Å². The summed E-state index contributed by atoms with van der Waals surface area (Å²) in [4.78, 5) is 16.6. The summed E-state index contributed by atoms with van der Waals surface area (Å²) >= 11 is 0. The standard InChI is InChI=1S/C23H24N2O/c1-4-16-6-8-17(9-7-16)23-21-11-10-19(24)13-22(21)20(5-2)18(14-25-23)12-15(3)26/h5-13H,4,14,24H2,1-3H3/b18-12-,20-5+. The van der Waals surface area contributed by atoms with Gasteiger partial charge in [0.15, 0.2) is 5.78 Å². The van der Waals surface area contributed by atoms with E-state index in [1.54, 1.807) is 13.0 Å². The number of benzene rings is 2. The Kier molecular flexibility index (Phi) is 5.17. The Balaban J connectivity index is 2.22. The van der Waals surface area contributed by atoms with Gasteiger partial charge in [0.25, 0.3) is 0 Å². The van der Waals surface area contributed by atoms with E-state index in [9.17, 15) is 4.79 Å². The average molecular weight is 344 g/mol. The third-order valence-electron chi connectivity index (χ3n) is 4.64. The van der Waals surface area contributed by atoms with E-state index in [0.29, 0.717) is 12.2 Å². The van der Waals surface area contributed by atoms with E-state index in [4.69, 9.17) is 10.7 Å². The van der Waals surface area contributed by atoms with Crippen LogP contribution in [-0.4, -0.2) is 18.0 Å². The number of rotatable bonds is 3. The van der Waals surface area contributed by atoms with Crippen LogP contribution in [0.15, 0.2) is 65.2 Å². The van der Waals surface area contributed by atoms with E-state index in [2.05, 4.69) is 31.2 Å². The molecule has 3 nitrogen and oxygen atoms in total. The van der Waals surface area contributed by atoms with Gasteiger partial charge in [-0.05, 0) is 60.8 Å². The van der Waals surface area contributed by atoms with Gasteiger partial charge in [-0.15, -0.1) is 0 Å². The third-order valence-corrected chi connectivity index (χ3v) is 4.64. The lowest BCUT2D eigenvalue weighted by Crippen LogP contribution is -2.06. The highest BCUT2D eigenvalue weighted by Crippen LogP contribution is 2.33. The molecule has 0 bridgehead atoms. The minimum absolute atomic E-state index is 0.0238. The summed E-state index contributed by atoms with van der Waals surface area (Å²) < 4.78 is 0. The Morgan fingerprint density at radius 1 is 1.15 bits per heavy atom. The number of aliphatic imine (C=N–C) groups is 1. The molecule has 3 heteroatoms. The molecule has 1 aliphatic heterocycles. The summed E-state index contributed by atoms with van der Waals surface area (Å²) in [5.74, 6) is 0.0238. The van der Waals surface area contributed by atoms with E-state index in [1.807, 2.05) is 31.2 Å². The average Bonchev–Trinajstić information content (AvgIpc) is 2.77. The summed E-state index contributed by atoms with van der Waals surface area (Å²) in [6, 6.07) is 14.4. The smallest absolute Gasteiger partial charge is 0.152 e. The highest BCUT2D eigenvalue weighted by molar-refractivity contribution is 6.17. The molecule has 2 aromatic carbocycles. The number of anilines is 1. The molecule has 0 amide bonds. The molecule has 0 saturated carbocycles. The van der Waals surface area contributed by atoms with E-state index < -0.39 is 0 Å². The quantitative estimate of drug-likeness (QED) is 0.653. The second-order valence-electron chi connectivity index (χ2n) is 6.50. The van der Waals surface area contributed by atoms with Gasteiger partial charge in [0.05, 0.1) is 12.3 Å². The Morgan fingerprint density at radius 2 is 1.88 bits per heavy atom. The first-order chi connectivity index (χ1) is 12.5. The van der Waals surface area contributed by atoms with Crippen LogP contribution in [0, 0.1) is 0 Å². The fourth-order valence-electron chi connectivity index (χ4n) is 3.35. The van der Waals surface area contributed by atoms with Gasteiger partial charge >= 0.3 is 0 Å². The normalized spacial score (nSPS) is 17.0. The first-order valence-corrected chi connectivity index (χ1v) is 8.95. The SMILES string of the molecule is C/C=C1\C(=C/C(C)=O)CN=C(c2ccc(CC)cc2)c2ccc(N)cc21. The fraction of sp³-hybridized carbons (Fsp3) is 0.217. The summed E-state index contributed by atoms with van der Waals surface area (Å²) in [6.07, 6.45) is 4.72. The molecule has 0 aromatic heterocycles. The predicted molar refractivity (Wildman–Crippen MR) is 110 cm³/mol. The number of carbonyl (C=O) groups excluding carboxylic acids is 1. The molecular formula is C23H24N2O. The zero-order chi connectivity index (χ0) is 18.7. The highest BCUT2D eigenvalue weighted by Gasteiger charge is 2.21. The molecule has 0 spiro atoms. The topological polar surface area (TPSA) is 55.5 Å². The monoisotopic (exact) mass is 344 g/mol. The molecule has 0 fully saturated rings. The molecule has 2 aromatic rings. The van der Waals surface area contributed by atoms with Crippen molar-refractivity contribution in [3.63, 3.8) is 0 Å². The van der Waals surface area contributed by atoms with Gasteiger partial charge in [0.2, 0.25) is 0 Å². The minimum Gasteiger partial charge on any atom is -0.399 e. The lowest BCUT2D eigenvalue weighted by molar-refractivity contribution is -0.112. The zero-order valence-electron chi connectivity index (χ0n) is 15.5. The molecule has 0 unspecified atom stereocenters. The van der Waals surface area contributed by atoms with Crippen LogP contribution in [0.1, 0.15) is 43.0 Å². The maximum absolute atomic E-state index is 11.7. The van der Waals surface area contributed by atoms with E-state index in [1.165, 1.54) is 5.56 Å². The van der Waals surface area contributed by atoms with Crippen molar-refractivity contribution < 1.29 is 4.79 Å². The van der Waals surface area contributed by atoms with Crippen LogP contribution in [-0.2, 0) is 11.2 Å². The van der Waals surface area contributed by atoms with Crippen molar-refractivity contribution >= 4 is 22.8 Å². The number of nitrogens with two attached hydrogens (primary N) is 1. The number of ketones is 1. The van der Waals surface area contributed by atoms with Gasteiger partial charge in [0.1, 0.15) is 0 Å². The number of carbonyl (C=O) groups is 1. The molecule has 0 saturated heterocycles. The van der Waals surface area contributed by atoms with E-state index in [-0.39, 0.29) is 5.78 Å². The van der Waals surface area contributed by atoms with E-state index >= 15 is 0 Å². The molecule has 2 N–H and O–H groups in total.